The minimum Gasteiger partial charge on any atom is -0.353 e. The minimum atomic E-state index is -0.203. The van der Waals surface area contributed by atoms with Gasteiger partial charge in [0.15, 0.2) is 0 Å². The molecule has 1 aliphatic heterocycles. The molecular weight excluding hydrogens is 482 g/mol. The van der Waals surface area contributed by atoms with E-state index >= 15 is 0 Å². The molecule has 1 saturated heterocycles. The second kappa shape index (κ2) is 9.11. The maximum absolute atomic E-state index is 12.6. The molecule has 3 aromatic heterocycles. The lowest BCUT2D eigenvalue weighted by molar-refractivity contribution is 0.102. The number of fused-ring (bicyclic) bond motifs is 1. The van der Waals surface area contributed by atoms with Gasteiger partial charge in [0.05, 0.1) is 11.1 Å². The number of nitrogens with zero attached hydrogens (tertiary/aromatic N) is 6. The summed E-state index contributed by atoms with van der Waals surface area (Å²) in [6, 6.07) is 11.5. The fourth-order valence-electron chi connectivity index (χ4n) is 3.95. The molecule has 0 saturated carbocycles. The summed E-state index contributed by atoms with van der Waals surface area (Å²) in [4.78, 5) is 34.7. The van der Waals surface area contributed by atoms with Crippen LogP contribution in [0.25, 0.3) is 10.9 Å². The van der Waals surface area contributed by atoms with Gasteiger partial charge >= 0.3 is 0 Å². The van der Waals surface area contributed by atoms with Crippen molar-refractivity contribution in [3.63, 3.8) is 0 Å². The number of benzene rings is 1. The van der Waals surface area contributed by atoms with E-state index in [0.717, 1.165) is 64.6 Å². The van der Waals surface area contributed by atoms with Crippen molar-refractivity contribution in [2.24, 2.45) is 0 Å². The van der Waals surface area contributed by atoms with E-state index in [4.69, 9.17) is 4.98 Å². The third-order valence-corrected chi connectivity index (χ3v) is 6.10. The molecule has 4 aromatic rings. The first-order valence-corrected chi connectivity index (χ1v) is 11.5. The first-order valence-electron chi connectivity index (χ1n) is 10.7. The molecule has 1 aliphatic rings. The summed E-state index contributed by atoms with van der Waals surface area (Å²) in [6.07, 6.45) is 6.74. The largest absolute Gasteiger partial charge is 0.353 e. The zero-order valence-electron chi connectivity index (χ0n) is 18.1. The molecule has 1 N–H and O–H groups in total. The number of hydrogen-bond donors (Lipinski definition) is 1. The van der Waals surface area contributed by atoms with E-state index in [-0.39, 0.29) is 5.91 Å². The maximum atomic E-state index is 12.6. The highest BCUT2D eigenvalue weighted by Crippen LogP contribution is 2.26. The van der Waals surface area contributed by atoms with Crippen LogP contribution in [0.3, 0.4) is 0 Å². The second-order valence-electron chi connectivity index (χ2n) is 7.90. The van der Waals surface area contributed by atoms with Crippen molar-refractivity contribution in [3.8, 4) is 0 Å². The quantitative estimate of drug-likeness (QED) is 0.449. The zero-order valence-corrected chi connectivity index (χ0v) is 19.7. The Morgan fingerprint density at radius 2 is 1.76 bits per heavy atom. The molecule has 0 radical (unpaired) electrons. The fourth-order valence-corrected chi connectivity index (χ4v) is 4.31. The zero-order chi connectivity index (χ0) is 22.8. The monoisotopic (exact) mass is 503 g/mol. The number of halogens is 1. The summed E-state index contributed by atoms with van der Waals surface area (Å²) < 4.78 is 0.762. The van der Waals surface area contributed by atoms with Crippen LogP contribution in [0, 0.1) is 6.92 Å². The van der Waals surface area contributed by atoms with E-state index in [2.05, 4.69) is 59.0 Å². The SMILES string of the molecule is Cc1cc(N2CCN(c3ncccn3)CC2)nc2ccc(NC(=O)c3cncc(Br)c3)cc12. The lowest BCUT2D eigenvalue weighted by Gasteiger charge is -2.35. The predicted molar refractivity (Wildman–Crippen MR) is 133 cm³/mol. The van der Waals surface area contributed by atoms with Gasteiger partial charge in [0.1, 0.15) is 5.82 Å². The number of aryl methyl sites for hydroxylation is 1. The van der Waals surface area contributed by atoms with Gasteiger partial charge in [-0.15, -0.1) is 0 Å². The van der Waals surface area contributed by atoms with Gasteiger partial charge in [0, 0.05) is 66.5 Å². The van der Waals surface area contributed by atoms with Gasteiger partial charge < -0.3 is 15.1 Å². The minimum absolute atomic E-state index is 0.203. The van der Waals surface area contributed by atoms with E-state index in [1.54, 1.807) is 30.9 Å². The van der Waals surface area contributed by atoms with Crippen LogP contribution in [0.5, 0.6) is 0 Å². The number of pyridine rings is 2. The number of aromatic nitrogens is 4. The molecule has 0 atom stereocenters. The van der Waals surface area contributed by atoms with Crippen LogP contribution in [0.15, 0.2) is 65.7 Å². The van der Waals surface area contributed by atoms with Gasteiger partial charge in [-0.1, -0.05) is 0 Å². The van der Waals surface area contributed by atoms with Crippen molar-refractivity contribution in [2.75, 3.05) is 41.3 Å². The highest BCUT2D eigenvalue weighted by atomic mass is 79.9. The van der Waals surface area contributed by atoms with Gasteiger partial charge in [0.2, 0.25) is 5.95 Å². The molecule has 4 heterocycles. The molecule has 1 aromatic carbocycles. The Balaban J connectivity index is 1.32. The summed E-state index contributed by atoms with van der Waals surface area (Å²) in [5.74, 6) is 1.53. The van der Waals surface area contributed by atoms with Crippen LogP contribution in [0.2, 0.25) is 0 Å². The van der Waals surface area contributed by atoms with Gasteiger partial charge in [-0.2, -0.15) is 0 Å². The number of hydrogen-bond acceptors (Lipinski definition) is 7. The van der Waals surface area contributed by atoms with Crippen molar-refractivity contribution in [3.05, 3.63) is 76.8 Å². The Morgan fingerprint density at radius 3 is 2.52 bits per heavy atom. The molecule has 0 aliphatic carbocycles. The molecular formula is C24H22BrN7O. The Kier molecular flexibility index (Phi) is 5.87. The van der Waals surface area contributed by atoms with Crippen molar-refractivity contribution >= 4 is 50.2 Å². The normalized spacial score (nSPS) is 13.9. The van der Waals surface area contributed by atoms with Crippen LogP contribution in [-0.4, -0.2) is 52.0 Å². The topological polar surface area (TPSA) is 87.1 Å². The molecule has 1 fully saturated rings. The average molecular weight is 504 g/mol. The number of carbonyl (C=O) groups is 1. The van der Waals surface area contributed by atoms with Gasteiger partial charge in [0.25, 0.3) is 5.91 Å². The molecule has 0 spiro atoms. The molecule has 1 amide bonds. The number of carbonyl (C=O) groups excluding carboxylic acids is 1. The number of rotatable bonds is 4. The number of amides is 1. The van der Waals surface area contributed by atoms with Crippen molar-refractivity contribution in [1.29, 1.82) is 0 Å². The molecule has 0 bridgehead atoms. The highest BCUT2D eigenvalue weighted by molar-refractivity contribution is 9.10. The molecule has 8 nitrogen and oxygen atoms in total. The Morgan fingerprint density at radius 1 is 1.00 bits per heavy atom. The molecule has 5 rings (SSSR count). The standard InChI is InChI=1S/C24H22BrN7O/c1-16-11-22(31-7-9-32(10-8-31)24-27-5-2-6-28-24)30-21-4-3-19(13-20(16)21)29-23(33)17-12-18(25)15-26-14-17/h2-6,11-15H,7-10H2,1H3,(H,29,33). The van der Waals surface area contributed by atoms with E-state index in [0.29, 0.717) is 5.56 Å². The summed E-state index contributed by atoms with van der Waals surface area (Å²) in [5.41, 5.74) is 3.24. The highest BCUT2D eigenvalue weighted by Gasteiger charge is 2.20. The van der Waals surface area contributed by atoms with E-state index in [1.165, 1.54) is 0 Å². The third kappa shape index (κ3) is 4.63. The van der Waals surface area contributed by atoms with Crippen molar-refractivity contribution in [1.82, 2.24) is 19.9 Å². The number of piperazine rings is 1. The van der Waals surface area contributed by atoms with Gasteiger partial charge in [-0.25, -0.2) is 15.0 Å². The Bertz CT molecular complexity index is 1310. The second-order valence-corrected chi connectivity index (χ2v) is 8.81. The Hall–Kier alpha value is -3.59. The third-order valence-electron chi connectivity index (χ3n) is 5.67. The molecule has 33 heavy (non-hydrogen) atoms. The average Bonchev–Trinajstić information content (AvgIpc) is 2.85. The maximum Gasteiger partial charge on any atom is 0.257 e. The van der Waals surface area contributed by atoms with E-state index in [1.807, 2.05) is 24.3 Å². The van der Waals surface area contributed by atoms with Crippen molar-refractivity contribution in [2.45, 2.75) is 6.92 Å². The van der Waals surface area contributed by atoms with E-state index < -0.39 is 0 Å². The van der Waals surface area contributed by atoms with E-state index in [9.17, 15) is 4.79 Å². The van der Waals surface area contributed by atoms with Gasteiger partial charge in [-0.3, -0.25) is 9.78 Å². The van der Waals surface area contributed by atoms with Crippen LogP contribution >= 0.6 is 15.9 Å². The summed E-state index contributed by atoms with van der Waals surface area (Å²) in [6.45, 7) is 5.47. The lowest BCUT2D eigenvalue weighted by Crippen LogP contribution is -2.47. The van der Waals surface area contributed by atoms with Crippen LogP contribution < -0.4 is 15.1 Å². The smallest absolute Gasteiger partial charge is 0.257 e. The summed E-state index contributed by atoms with van der Waals surface area (Å²) in [5, 5.41) is 3.96. The Labute approximate surface area is 199 Å². The molecule has 9 heteroatoms. The first kappa shape index (κ1) is 21.3. The van der Waals surface area contributed by atoms with Gasteiger partial charge in [-0.05, 0) is 64.8 Å². The van der Waals surface area contributed by atoms with Crippen LogP contribution in [0.4, 0.5) is 17.5 Å². The fraction of sp³-hybridized carbons (Fsp3) is 0.208. The number of anilines is 3. The lowest BCUT2D eigenvalue weighted by atomic mass is 10.1. The molecule has 166 valence electrons. The summed E-state index contributed by atoms with van der Waals surface area (Å²) in [7, 11) is 0. The van der Waals surface area contributed by atoms with Crippen LogP contribution in [-0.2, 0) is 0 Å². The predicted octanol–water partition coefficient (Wildman–Crippen LogP) is 4.07. The van der Waals surface area contributed by atoms with Crippen molar-refractivity contribution < 1.29 is 4.79 Å². The molecule has 0 unspecified atom stereocenters. The summed E-state index contributed by atoms with van der Waals surface area (Å²) >= 11 is 3.35. The van der Waals surface area contributed by atoms with Crippen LogP contribution in [0.1, 0.15) is 15.9 Å². The first-order chi connectivity index (χ1) is 16.1. The number of nitrogens with one attached hydrogen (secondary N) is 1.